The predicted octanol–water partition coefficient (Wildman–Crippen LogP) is 2.80. The minimum absolute atomic E-state index is 0.146. The predicted molar refractivity (Wildman–Crippen MR) is 79.8 cm³/mol. The molecule has 6 nitrogen and oxygen atoms in total. The standard InChI is InChI=1S/C14H11BrN2O4/c1-21-11-7-8(4-5-10(11)15)17-13(18)12-9(14(19)20)3-2-6-16-12/h2-7H,1H3,(H,17,18)(H,19,20). The molecule has 2 rings (SSSR count). The monoisotopic (exact) mass is 350 g/mol. The number of methoxy groups -OCH3 is 1. The molecule has 0 atom stereocenters. The summed E-state index contributed by atoms with van der Waals surface area (Å²) < 4.78 is 5.87. The molecule has 1 aromatic carbocycles. The smallest absolute Gasteiger partial charge is 0.338 e. The molecule has 0 saturated heterocycles. The molecule has 108 valence electrons. The normalized spacial score (nSPS) is 10.0. The summed E-state index contributed by atoms with van der Waals surface area (Å²) in [4.78, 5) is 27.0. The van der Waals surface area contributed by atoms with Crippen molar-refractivity contribution in [2.24, 2.45) is 0 Å². The first kappa shape index (κ1) is 15.0. The van der Waals surface area contributed by atoms with Crippen LogP contribution in [0.1, 0.15) is 20.8 Å². The summed E-state index contributed by atoms with van der Waals surface area (Å²) in [5, 5.41) is 11.6. The van der Waals surface area contributed by atoms with Gasteiger partial charge in [-0.15, -0.1) is 0 Å². The van der Waals surface area contributed by atoms with Crippen LogP contribution in [0.3, 0.4) is 0 Å². The van der Waals surface area contributed by atoms with E-state index in [4.69, 9.17) is 9.84 Å². The van der Waals surface area contributed by atoms with Gasteiger partial charge < -0.3 is 15.2 Å². The van der Waals surface area contributed by atoms with Gasteiger partial charge in [-0.05, 0) is 40.2 Å². The maximum atomic E-state index is 12.1. The van der Waals surface area contributed by atoms with E-state index in [9.17, 15) is 9.59 Å². The molecule has 2 N–H and O–H groups in total. The van der Waals surface area contributed by atoms with Crippen LogP contribution in [-0.4, -0.2) is 29.1 Å². The topological polar surface area (TPSA) is 88.5 Å². The fourth-order valence-electron chi connectivity index (χ4n) is 1.69. The van der Waals surface area contributed by atoms with E-state index in [-0.39, 0.29) is 11.3 Å². The molecule has 2 aromatic rings. The number of rotatable bonds is 4. The summed E-state index contributed by atoms with van der Waals surface area (Å²) in [6, 6.07) is 7.78. The summed E-state index contributed by atoms with van der Waals surface area (Å²) in [6.45, 7) is 0. The van der Waals surface area contributed by atoms with Crippen molar-refractivity contribution >= 4 is 33.5 Å². The Labute approximate surface area is 128 Å². The number of carboxylic acid groups (broad SMARTS) is 1. The number of hydrogen-bond acceptors (Lipinski definition) is 4. The number of halogens is 1. The number of carbonyl (C=O) groups excluding carboxylic acids is 1. The lowest BCUT2D eigenvalue weighted by atomic mass is 10.2. The highest BCUT2D eigenvalue weighted by atomic mass is 79.9. The van der Waals surface area contributed by atoms with E-state index in [1.807, 2.05) is 0 Å². The molecule has 0 aliphatic carbocycles. The Morgan fingerprint density at radius 3 is 2.76 bits per heavy atom. The maximum Gasteiger partial charge on any atom is 0.338 e. The Kier molecular flexibility index (Phi) is 4.54. The van der Waals surface area contributed by atoms with Crippen molar-refractivity contribution < 1.29 is 19.4 Å². The van der Waals surface area contributed by atoms with Crippen molar-refractivity contribution in [3.63, 3.8) is 0 Å². The molecule has 0 unspecified atom stereocenters. The van der Waals surface area contributed by atoms with Gasteiger partial charge in [0.25, 0.3) is 5.91 Å². The third kappa shape index (κ3) is 3.38. The van der Waals surface area contributed by atoms with Crippen molar-refractivity contribution in [2.45, 2.75) is 0 Å². The van der Waals surface area contributed by atoms with E-state index in [2.05, 4.69) is 26.2 Å². The number of carbonyl (C=O) groups is 2. The van der Waals surface area contributed by atoms with Gasteiger partial charge in [0.15, 0.2) is 0 Å². The van der Waals surface area contributed by atoms with Crippen molar-refractivity contribution in [2.75, 3.05) is 12.4 Å². The Morgan fingerprint density at radius 2 is 2.10 bits per heavy atom. The quantitative estimate of drug-likeness (QED) is 0.884. The molecular weight excluding hydrogens is 340 g/mol. The number of anilines is 1. The van der Waals surface area contributed by atoms with Crippen LogP contribution in [0.15, 0.2) is 41.0 Å². The van der Waals surface area contributed by atoms with Crippen LogP contribution in [0, 0.1) is 0 Å². The largest absolute Gasteiger partial charge is 0.495 e. The number of benzene rings is 1. The molecule has 7 heteroatoms. The van der Waals surface area contributed by atoms with Crippen molar-refractivity contribution in [3.05, 3.63) is 52.3 Å². The number of nitrogens with one attached hydrogen (secondary N) is 1. The Morgan fingerprint density at radius 1 is 1.33 bits per heavy atom. The lowest BCUT2D eigenvalue weighted by molar-refractivity contribution is 0.0691. The van der Waals surface area contributed by atoms with Crippen LogP contribution >= 0.6 is 15.9 Å². The van der Waals surface area contributed by atoms with Gasteiger partial charge >= 0.3 is 5.97 Å². The van der Waals surface area contributed by atoms with Gasteiger partial charge in [0, 0.05) is 18.0 Å². The second-order valence-corrected chi connectivity index (χ2v) is 4.86. The molecule has 0 bridgehead atoms. The van der Waals surface area contributed by atoms with Gasteiger partial charge in [0.1, 0.15) is 11.4 Å². The number of pyridine rings is 1. The summed E-state index contributed by atoms with van der Waals surface area (Å²) >= 11 is 3.30. The SMILES string of the molecule is COc1cc(NC(=O)c2ncccc2C(=O)O)ccc1Br. The Bertz CT molecular complexity index is 703. The molecule has 1 aromatic heterocycles. The van der Waals surface area contributed by atoms with E-state index in [0.29, 0.717) is 11.4 Å². The van der Waals surface area contributed by atoms with Crippen molar-refractivity contribution in [3.8, 4) is 5.75 Å². The van der Waals surface area contributed by atoms with Crippen LogP contribution in [0.4, 0.5) is 5.69 Å². The lowest BCUT2D eigenvalue weighted by Crippen LogP contribution is -2.18. The number of aromatic carboxylic acids is 1. The lowest BCUT2D eigenvalue weighted by Gasteiger charge is -2.09. The van der Waals surface area contributed by atoms with Gasteiger partial charge in [-0.1, -0.05) is 0 Å². The molecule has 1 amide bonds. The van der Waals surface area contributed by atoms with Crippen LogP contribution in [0.5, 0.6) is 5.75 Å². The Balaban J connectivity index is 2.28. The zero-order valence-corrected chi connectivity index (χ0v) is 12.5. The fraction of sp³-hybridized carbons (Fsp3) is 0.0714. The minimum Gasteiger partial charge on any atom is -0.495 e. The first-order chi connectivity index (χ1) is 10.0. The van der Waals surface area contributed by atoms with E-state index < -0.39 is 11.9 Å². The molecule has 0 aliphatic heterocycles. The highest BCUT2D eigenvalue weighted by molar-refractivity contribution is 9.10. The molecule has 0 spiro atoms. The molecule has 0 saturated carbocycles. The van der Waals surface area contributed by atoms with Gasteiger partial charge in [-0.3, -0.25) is 9.78 Å². The van der Waals surface area contributed by atoms with E-state index in [1.165, 1.54) is 25.4 Å². The molecule has 21 heavy (non-hydrogen) atoms. The summed E-state index contributed by atoms with van der Waals surface area (Å²) in [6.07, 6.45) is 1.36. The van der Waals surface area contributed by atoms with Crippen LogP contribution in [0.2, 0.25) is 0 Å². The van der Waals surface area contributed by atoms with E-state index in [1.54, 1.807) is 18.2 Å². The van der Waals surface area contributed by atoms with Gasteiger partial charge in [-0.25, -0.2) is 4.79 Å². The number of aromatic nitrogens is 1. The zero-order chi connectivity index (χ0) is 15.4. The van der Waals surface area contributed by atoms with Gasteiger partial charge in [-0.2, -0.15) is 0 Å². The maximum absolute atomic E-state index is 12.1. The van der Waals surface area contributed by atoms with Gasteiger partial charge in [0.2, 0.25) is 0 Å². The summed E-state index contributed by atoms with van der Waals surface area (Å²) in [7, 11) is 1.51. The second kappa shape index (κ2) is 6.36. The van der Waals surface area contributed by atoms with E-state index >= 15 is 0 Å². The number of nitrogens with zero attached hydrogens (tertiary/aromatic N) is 1. The van der Waals surface area contributed by atoms with Crippen molar-refractivity contribution in [1.29, 1.82) is 0 Å². The zero-order valence-electron chi connectivity index (χ0n) is 11.0. The summed E-state index contributed by atoms with van der Waals surface area (Å²) in [5.41, 5.74) is 0.174. The molecule has 0 aliphatic rings. The molecule has 1 heterocycles. The fourth-order valence-corrected chi connectivity index (χ4v) is 2.10. The van der Waals surface area contributed by atoms with E-state index in [0.717, 1.165) is 4.47 Å². The first-order valence-corrected chi connectivity index (χ1v) is 6.65. The van der Waals surface area contributed by atoms with Crippen molar-refractivity contribution in [1.82, 2.24) is 4.98 Å². The number of hydrogen-bond donors (Lipinski definition) is 2. The van der Waals surface area contributed by atoms with Crippen LogP contribution in [-0.2, 0) is 0 Å². The number of carboxylic acids is 1. The highest BCUT2D eigenvalue weighted by Crippen LogP contribution is 2.28. The average Bonchev–Trinajstić information content (AvgIpc) is 2.49. The third-order valence-electron chi connectivity index (χ3n) is 2.66. The third-order valence-corrected chi connectivity index (χ3v) is 3.32. The highest BCUT2D eigenvalue weighted by Gasteiger charge is 2.18. The Hall–Kier alpha value is -2.41. The van der Waals surface area contributed by atoms with Crippen LogP contribution < -0.4 is 10.1 Å². The molecular formula is C14H11BrN2O4. The number of amides is 1. The first-order valence-electron chi connectivity index (χ1n) is 5.86. The number of ether oxygens (including phenoxy) is 1. The molecule has 0 fully saturated rings. The minimum atomic E-state index is -1.21. The second-order valence-electron chi connectivity index (χ2n) is 4.01. The van der Waals surface area contributed by atoms with Crippen LogP contribution in [0.25, 0.3) is 0 Å². The average molecular weight is 351 g/mol. The van der Waals surface area contributed by atoms with Gasteiger partial charge in [0.05, 0.1) is 17.1 Å². The summed E-state index contributed by atoms with van der Waals surface area (Å²) in [5.74, 6) is -1.26. The molecule has 0 radical (unpaired) electrons.